The molecule has 0 aliphatic heterocycles. The number of rotatable bonds is 3. The summed E-state index contributed by atoms with van der Waals surface area (Å²) in [6.07, 6.45) is 7.96. The van der Waals surface area contributed by atoms with E-state index in [2.05, 4.69) is 51.4 Å². The first kappa shape index (κ1) is 16.2. The zero-order valence-corrected chi connectivity index (χ0v) is 16.9. The van der Waals surface area contributed by atoms with Crippen LogP contribution < -0.4 is 5.32 Å². The summed E-state index contributed by atoms with van der Waals surface area (Å²) in [5, 5.41) is 3.95. The van der Waals surface area contributed by atoms with Crippen LogP contribution in [0.15, 0.2) is 18.2 Å². The van der Waals surface area contributed by atoms with Crippen LogP contribution in [0.2, 0.25) is 0 Å². The van der Waals surface area contributed by atoms with E-state index in [9.17, 15) is 4.79 Å². The Labute approximate surface area is 160 Å². The highest BCUT2D eigenvalue weighted by Gasteiger charge is 2.59. The van der Waals surface area contributed by atoms with Crippen LogP contribution in [0.25, 0.3) is 10.2 Å². The molecule has 3 nitrogen and oxygen atoms in total. The van der Waals surface area contributed by atoms with Crippen molar-refractivity contribution in [1.29, 1.82) is 0 Å². The number of aromatic nitrogens is 1. The number of alkyl halides is 1. The number of thiazole rings is 1. The monoisotopic (exact) mass is 418 g/mol. The molecule has 5 heteroatoms. The predicted octanol–water partition coefficient (Wildman–Crippen LogP) is 5.53. The second kappa shape index (κ2) is 5.53. The van der Waals surface area contributed by atoms with Crippen LogP contribution in [0.5, 0.6) is 0 Å². The molecule has 1 heterocycles. The SMILES string of the molecule is CCc1ccc2nc(NC(=O)C34CC5CC(CC(Br)(C5)C3)C4)sc2c1. The summed E-state index contributed by atoms with van der Waals surface area (Å²) >= 11 is 5.60. The van der Waals surface area contributed by atoms with Gasteiger partial charge in [-0.15, -0.1) is 0 Å². The maximum atomic E-state index is 13.2. The van der Waals surface area contributed by atoms with Gasteiger partial charge in [0.2, 0.25) is 5.91 Å². The molecule has 4 fully saturated rings. The van der Waals surface area contributed by atoms with E-state index in [4.69, 9.17) is 0 Å². The first-order valence-electron chi connectivity index (χ1n) is 9.37. The lowest BCUT2D eigenvalue weighted by molar-refractivity contribution is -0.138. The molecule has 2 atom stereocenters. The van der Waals surface area contributed by atoms with Crippen molar-refractivity contribution in [3.8, 4) is 0 Å². The van der Waals surface area contributed by atoms with E-state index < -0.39 is 0 Å². The molecule has 4 aliphatic rings. The van der Waals surface area contributed by atoms with Crippen molar-refractivity contribution in [2.75, 3.05) is 5.32 Å². The maximum Gasteiger partial charge on any atom is 0.232 e. The predicted molar refractivity (Wildman–Crippen MR) is 106 cm³/mol. The minimum atomic E-state index is -0.181. The summed E-state index contributed by atoms with van der Waals surface area (Å²) in [4.78, 5) is 17.9. The van der Waals surface area contributed by atoms with Gasteiger partial charge in [-0.2, -0.15) is 0 Å². The van der Waals surface area contributed by atoms with E-state index in [0.717, 1.165) is 41.0 Å². The Morgan fingerprint density at radius 3 is 2.76 bits per heavy atom. The van der Waals surface area contributed by atoms with Crippen molar-refractivity contribution >= 4 is 48.5 Å². The van der Waals surface area contributed by atoms with Crippen molar-refractivity contribution in [3.05, 3.63) is 23.8 Å². The van der Waals surface area contributed by atoms with Gasteiger partial charge < -0.3 is 5.32 Å². The van der Waals surface area contributed by atoms with E-state index >= 15 is 0 Å². The van der Waals surface area contributed by atoms with Gasteiger partial charge in [-0.05, 0) is 74.5 Å². The molecule has 0 spiro atoms. The van der Waals surface area contributed by atoms with Crippen molar-refractivity contribution in [1.82, 2.24) is 4.98 Å². The zero-order valence-electron chi connectivity index (χ0n) is 14.5. The van der Waals surface area contributed by atoms with Crippen LogP contribution in [0.3, 0.4) is 0 Å². The molecule has 4 aliphatic carbocycles. The van der Waals surface area contributed by atoms with Crippen molar-refractivity contribution in [3.63, 3.8) is 0 Å². The lowest BCUT2D eigenvalue weighted by atomic mass is 9.49. The van der Waals surface area contributed by atoms with Gasteiger partial charge in [0.25, 0.3) is 0 Å². The highest BCUT2D eigenvalue weighted by molar-refractivity contribution is 9.10. The molecule has 2 aromatic rings. The average molecular weight is 419 g/mol. The summed E-state index contributed by atoms with van der Waals surface area (Å²) < 4.78 is 1.37. The Balaban J connectivity index is 1.42. The number of halogens is 1. The number of carbonyl (C=O) groups is 1. The number of aryl methyl sites for hydroxylation is 1. The van der Waals surface area contributed by atoms with Gasteiger partial charge in [0.15, 0.2) is 5.13 Å². The van der Waals surface area contributed by atoms with E-state index in [1.54, 1.807) is 11.3 Å². The molecule has 0 radical (unpaired) electrons. The lowest BCUT2D eigenvalue weighted by Crippen LogP contribution is -2.57. The first-order chi connectivity index (χ1) is 12.0. The number of fused-ring (bicyclic) bond motifs is 1. The van der Waals surface area contributed by atoms with Crippen LogP contribution >= 0.6 is 27.3 Å². The molecule has 0 saturated heterocycles. The van der Waals surface area contributed by atoms with Crippen LogP contribution in [-0.2, 0) is 11.2 Å². The summed E-state index contributed by atoms with van der Waals surface area (Å²) in [5.41, 5.74) is 2.12. The van der Waals surface area contributed by atoms with Gasteiger partial charge in [0.1, 0.15) is 0 Å². The fourth-order valence-corrected chi connectivity index (χ4v) is 8.27. The van der Waals surface area contributed by atoms with Crippen molar-refractivity contribution < 1.29 is 4.79 Å². The molecule has 1 N–H and O–H groups in total. The molecular weight excluding hydrogens is 396 g/mol. The number of carbonyl (C=O) groups excluding carboxylic acids is 1. The fraction of sp³-hybridized carbons (Fsp3) is 0.600. The molecule has 2 unspecified atom stereocenters. The molecule has 6 rings (SSSR count). The molecule has 132 valence electrons. The standard InChI is InChI=1S/C20H23BrN2OS/c1-2-12-3-4-15-16(6-12)25-18(22-15)23-17(24)19-7-13-5-14(8-19)10-20(21,9-13)11-19/h3-4,6,13-14H,2,5,7-11H2,1H3,(H,22,23,24). The molecular formula is C20H23BrN2OS. The number of nitrogens with one attached hydrogen (secondary N) is 1. The van der Waals surface area contributed by atoms with Gasteiger partial charge in [0, 0.05) is 4.32 Å². The van der Waals surface area contributed by atoms with Crippen LogP contribution in [0.4, 0.5) is 5.13 Å². The molecule has 25 heavy (non-hydrogen) atoms. The van der Waals surface area contributed by atoms with E-state index in [1.165, 1.54) is 24.8 Å². The minimum absolute atomic E-state index is 0.181. The lowest BCUT2D eigenvalue weighted by Gasteiger charge is -2.59. The van der Waals surface area contributed by atoms with Gasteiger partial charge in [0.05, 0.1) is 15.6 Å². The van der Waals surface area contributed by atoms with Crippen molar-refractivity contribution in [2.45, 2.75) is 56.2 Å². The summed E-state index contributed by atoms with van der Waals surface area (Å²) in [5.74, 6) is 1.64. The smallest absolute Gasteiger partial charge is 0.232 e. The number of anilines is 1. The Morgan fingerprint density at radius 2 is 2.08 bits per heavy atom. The van der Waals surface area contributed by atoms with Gasteiger partial charge >= 0.3 is 0 Å². The Morgan fingerprint density at radius 1 is 1.32 bits per heavy atom. The number of hydrogen-bond acceptors (Lipinski definition) is 3. The van der Waals surface area contributed by atoms with Gasteiger partial charge in [-0.1, -0.05) is 40.3 Å². The van der Waals surface area contributed by atoms with E-state index in [1.807, 2.05) is 0 Å². The Kier molecular flexibility index (Phi) is 3.59. The quantitative estimate of drug-likeness (QED) is 0.665. The number of hydrogen-bond donors (Lipinski definition) is 1. The van der Waals surface area contributed by atoms with Gasteiger partial charge in [-0.3, -0.25) is 4.79 Å². The topological polar surface area (TPSA) is 42.0 Å². The molecule has 4 bridgehead atoms. The Hall–Kier alpha value is -0.940. The van der Waals surface area contributed by atoms with Gasteiger partial charge in [-0.25, -0.2) is 4.98 Å². The second-order valence-corrected chi connectivity index (χ2v) is 11.2. The highest BCUT2D eigenvalue weighted by atomic mass is 79.9. The minimum Gasteiger partial charge on any atom is -0.301 e. The first-order valence-corrected chi connectivity index (χ1v) is 11.0. The molecule has 1 amide bonds. The number of benzene rings is 1. The third kappa shape index (κ3) is 2.66. The summed E-state index contributed by atoms with van der Waals surface area (Å²) in [7, 11) is 0. The zero-order chi connectivity index (χ0) is 17.2. The van der Waals surface area contributed by atoms with Crippen LogP contribution in [0, 0.1) is 17.3 Å². The van der Waals surface area contributed by atoms with Crippen LogP contribution in [0.1, 0.15) is 51.0 Å². The number of amides is 1. The highest BCUT2D eigenvalue weighted by Crippen LogP contribution is 2.64. The summed E-state index contributed by atoms with van der Waals surface area (Å²) in [6.45, 7) is 2.16. The summed E-state index contributed by atoms with van der Waals surface area (Å²) in [6, 6.07) is 6.39. The third-order valence-corrected chi connectivity index (χ3v) is 8.41. The average Bonchev–Trinajstić information content (AvgIpc) is 2.93. The fourth-order valence-electron chi connectivity index (χ4n) is 5.89. The molecule has 1 aromatic carbocycles. The molecule has 4 saturated carbocycles. The molecule has 1 aromatic heterocycles. The maximum absolute atomic E-state index is 13.2. The van der Waals surface area contributed by atoms with E-state index in [0.29, 0.717) is 11.8 Å². The Bertz CT molecular complexity index is 846. The second-order valence-electron chi connectivity index (χ2n) is 8.52. The van der Waals surface area contributed by atoms with Crippen molar-refractivity contribution in [2.24, 2.45) is 17.3 Å². The van der Waals surface area contributed by atoms with E-state index in [-0.39, 0.29) is 15.6 Å². The normalized spacial score (nSPS) is 36.1. The van der Waals surface area contributed by atoms with Crippen LogP contribution in [-0.4, -0.2) is 15.2 Å². The third-order valence-electron chi connectivity index (χ3n) is 6.55. The number of nitrogens with zero attached hydrogens (tertiary/aromatic N) is 1. The largest absolute Gasteiger partial charge is 0.301 e.